The largest absolute Gasteiger partial charge is 0.312 e. The van der Waals surface area contributed by atoms with E-state index in [9.17, 15) is 13.2 Å². The van der Waals surface area contributed by atoms with Crippen LogP contribution in [-0.4, -0.2) is 49.7 Å². The highest BCUT2D eigenvalue weighted by Crippen LogP contribution is 2.26. The molecule has 0 unspecified atom stereocenters. The summed E-state index contributed by atoms with van der Waals surface area (Å²) in [5.74, 6) is -0.651. The van der Waals surface area contributed by atoms with Crippen molar-refractivity contribution in [1.29, 1.82) is 10.5 Å². The fourth-order valence-electron chi connectivity index (χ4n) is 2.45. The summed E-state index contributed by atoms with van der Waals surface area (Å²) < 4.78 is 26.6. The lowest BCUT2D eigenvalue weighted by Crippen LogP contribution is -2.32. The summed E-state index contributed by atoms with van der Waals surface area (Å²) in [5.41, 5.74) is -0.0394. The highest BCUT2D eigenvalue weighted by Gasteiger charge is 2.29. The number of halogens is 1. The average Bonchev–Trinajstić information content (AvgIpc) is 3.09. The van der Waals surface area contributed by atoms with E-state index in [1.165, 1.54) is 22.5 Å². The highest BCUT2D eigenvalue weighted by molar-refractivity contribution is 7.89. The summed E-state index contributed by atoms with van der Waals surface area (Å²) in [6, 6.07) is 7.50. The molecule has 0 spiro atoms. The molecular formula is C15H15ClN4O3S. The van der Waals surface area contributed by atoms with Crippen LogP contribution in [-0.2, 0) is 10.0 Å². The van der Waals surface area contributed by atoms with Gasteiger partial charge in [-0.3, -0.25) is 4.79 Å². The van der Waals surface area contributed by atoms with Crippen LogP contribution in [0.25, 0.3) is 0 Å². The summed E-state index contributed by atoms with van der Waals surface area (Å²) in [6.45, 7) is 0.324. The van der Waals surface area contributed by atoms with Crippen molar-refractivity contribution in [2.24, 2.45) is 0 Å². The first-order chi connectivity index (χ1) is 11.4. The molecule has 0 bridgehead atoms. The van der Waals surface area contributed by atoms with Gasteiger partial charge in [-0.05, 0) is 31.0 Å². The van der Waals surface area contributed by atoms with E-state index in [0.717, 1.165) is 17.7 Å². The summed E-state index contributed by atoms with van der Waals surface area (Å²) in [7, 11) is -3.69. The van der Waals surface area contributed by atoms with Gasteiger partial charge in [-0.25, -0.2) is 8.42 Å². The molecule has 1 aliphatic heterocycles. The van der Waals surface area contributed by atoms with Gasteiger partial charge in [0.2, 0.25) is 10.0 Å². The van der Waals surface area contributed by atoms with Crippen LogP contribution in [0.4, 0.5) is 0 Å². The van der Waals surface area contributed by atoms with Crippen molar-refractivity contribution in [3.8, 4) is 12.1 Å². The van der Waals surface area contributed by atoms with E-state index in [4.69, 9.17) is 22.1 Å². The van der Waals surface area contributed by atoms with Crippen LogP contribution in [0.1, 0.15) is 23.2 Å². The Balaban J connectivity index is 2.40. The number of nitriles is 2. The van der Waals surface area contributed by atoms with E-state index >= 15 is 0 Å². The number of nitrogens with zero attached hydrogens (tertiary/aromatic N) is 4. The third kappa shape index (κ3) is 3.68. The summed E-state index contributed by atoms with van der Waals surface area (Å²) in [6.07, 6.45) is 1.60. The SMILES string of the molecule is N#CCN(CC#N)C(=O)c1cc(S(=O)(=O)N2CCCC2)ccc1Cl. The lowest BCUT2D eigenvalue weighted by atomic mass is 10.2. The number of benzene rings is 1. The number of rotatable bonds is 5. The van der Waals surface area contributed by atoms with Gasteiger partial charge in [0.15, 0.2) is 0 Å². The molecule has 1 aromatic carbocycles. The topological polar surface area (TPSA) is 105 Å². The monoisotopic (exact) mass is 366 g/mol. The van der Waals surface area contributed by atoms with Crippen LogP contribution in [0.2, 0.25) is 5.02 Å². The van der Waals surface area contributed by atoms with Crippen LogP contribution < -0.4 is 0 Å². The maximum absolute atomic E-state index is 12.6. The van der Waals surface area contributed by atoms with E-state index in [2.05, 4.69) is 0 Å². The summed E-state index contributed by atoms with van der Waals surface area (Å²) in [5, 5.41) is 17.6. The first kappa shape index (κ1) is 18.2. The molecule has 0 radical (unpaired) electrons. The van der Waals surface area contributed by atoms with Crippen molar-refractivity contribution < 1.29 is 13.2 Å². The van der Waals surface area contributed by atoms with Gasteiger partial charge in [0, 0.05) is 13.1 Å². The molecule has 0 saturated carbocycles. The van der Waals surface area contributed by atoms with Gasteiger partial charge < -0.3 is 4.90 Å². The van der Waals surface area contributed by atoms with Crippen LogP contribution >= 0.6 is 11.6 Å². The average molecular weight is 367 g/mol. The lowest BCUT2D eigenvalue weighted by molar-refractivity contribution is 0.0794. The molecule has 1 fully saturated rings. The number of sulfonamides is 1. The van der Waals surface area contributed by atoms with Crippen LogP contribution in [0.15, 0.2) is 23.1 Å². The molecular weight excluding hydrogens is 352 g/mol. The zero-order valence-electron chi connectivity index (χ0n) is 12.8. The smallest absolute Gasteiger partial charge is 0.257 e. The maximum atomic E-state index is 12.6. The van der Waals surface area contributed by atoms with Gasteiger partial charge in [-0.15, -0.1) is 0 Å². The van der Waals surface area contributed by atoms with E-state index < -0.39 is 15.9 Å². The Bertz CT molecular complexity index is 804. The molecule has 9 heteroatoms. The van der Waals surface area contributed by atoms with Gasteiger partial charge in [-0.2, -0.15) is 14.8 Å². The molecule has 1 saturated heterocycles. The van der Waals surface area contributed by atoms with Gasteiger partial charge in [0.05, 0.1) is 27.6 Å². The predicted octanol–water partition coefficient (Wildman–Crippen LogP) is 1.61. The van der Waals surface area contributed by atoms with Gasteiger partial charge in [0.25, 0.3) is 5.91 Å². The van der Waals surface area contributed by atoms with E-state index in [1.807, 2.05) is 0 Å². The van der Waals surface area contributed by atoms with Gasteiger partial charge in [-0.1, -0.05) is 11.6 Å². The maximum Gasteiger partial charge on any atom is 0.257 e. The lowest BCUT2D eigenvalue weighted by Gasteiger charge is -2.19. The second-order valence-electron chi connectivity index (χ2n) is 5.23. The van der Waals surface area contributed by atoms with Crippen molar-refractivity contribution in [3.05, 3.63) is 28.8 Å². The van der Waals surface area contributed by atoms with E-state index in [0.29, 0.717) is 13.1 Å². The van der Waals surface area contributed by atoms with Crippen LogP contribution in [0.5, 0.6) is 0 Å². The third-order valence-electron chi connectivity index (χ3n) is 3.68. The number of carbonyl (C=O) groups is 1. The minimum atomic E-state index is -3.69. The summed E-state index contributed by atoms with van der Waals surface area (Å²) in [4.78, 5) is 13.5. The molecule has 0 aromatic heterocycles. The zero-order chi connectivity index (χ0) is 17.7. The minimum absolute atomic E-state index is 0.0222. The summed E-state index contributed by atoms with van der Waals surface area (Å²) >= 11 is 6.02. The zero-order valence-corrected chi connectivity index (χ0v) is 14.3. The fraction of sp³-hybridized carbons (Fsp3) is 0.400. The quantitative estimate of drug-likeness (QED) is 0.736. The van der Waals surface area contributed by atoms with E-state index in [1.54, 1.807) is 12.1 Å². The second kappa shape index (κ2) is 7.63. The normalized spacial score (nSPS) is 14.8. The molecule has 1 aromatic rings. The van der Waals surface area contributed by atoms with Crippen molar-refractivity contribution in [2.75, 3.05) is 26.2 Å². The Morgan fingerprint density at radius 3 is 2.33 bits per heavy atom. The molecule has 0 atom stereocenters. The second-order valence-corrected chi connectivity index (χ2v) is 7.58. The van der Waals surface area contributed by atoms with Crippen LogP contribution in [0.3, 0.4) is 0 Å². The Morgan fingerprint density at radius 2 is 1.79 bits per heavy atom. The Labute approximate surface area is 145 Å². The fourth-order valence-corrected chi connectivity index (χ4v) is 4.19. The standard InChI is InChI=1S/C15H15ClN4O3S/c16-14-4-3-12(24(22,23)20-7-1-2-8-20)11-13(14)15(21)19(9-5-17)10-6-18/h3-4,11H,1-2,7-10H2. The van der Waals surface area contributed by atoms with Crippen molar-refractivity contribution >= 4 is 27.5 Å². The molecule has 1 heterocycles. The molecule has 1 aliphatic rings. The third-order valence-corrected chi connectivity index (χ3v) is 5.91. The molecule has 1 amide bonds. The minimum Gasteiger partial charge on any atom is -0.312 e. The predicted molar refractivity (Wildman–Crippen MR) is 86.6 cm³/mol. The molecule has 24 heavy (non-hydrogen) atoms. The highest BCUT2D eigenvalue weighted by atomic mass is 35.5. The number of carbonyl (C=O) groups excluding carboxylic acids is 1. The Hall–Kier alpha value is -2.13. The molecule has 0 N–H and O–H groups in total. The molecule has 2 rings (SSSR count). The molecule has 7 nitrogen and oxygen atoms in total. The number of hydrogen-bond donors (Lipinski definition) is 0. The van der Waals surface area contributed by atoms with Gasteiger partial charge >= 0.3 is 0 Å². The van der Waals surface area contributed by atoms with Crippen molar-refractivity contribution in [2.45, 2.75) is 17.7 Å². The Morgan fingerprint density at radius 1 is 1.21 bits per heavy atom. The molecule has 126 valence electrons. The van der Waals surface area contributed by atoms with E-state index in [-0.39, 0.29) is 28.6 Å². The molecule has 0 aliphatic carbocycles. The van der Waals surface area contributed by atoms with Gasteiger partial charge in [0.1, 0.15) is 13.1 Å². The number of hydrogen-bond acceptors (Lipinski definition) is 5. The Kier molecular flexibility index (Phi) is 5.79. The first-order valence-electron chi connectivity index (χ1n) is 7.24. The van der Waals surface area contributed by atoms with Crippen LogP contribution in [0, 0.1) is 22.7 Å². The van der Waals surface area contributed by atoms with Crippen molar-refractivity contribution in [1.82, 2.24) is 9.21 Å². The van der Waals surface area contributed by atoms with Crippen molar-refractivity contribution in [3.63, 3.8) is 0 Å². The number of amides is 1. The first-order valence-corrected chi connectivity index (χ1v) is 9.06.